The predicted octanol–water partition coefficient (Wildman–Crippen LogP) is 1.33. The van der Waals surface area contributed by atoms with E-state index in [1.807, 2.05) is 13.8 Å². The van der Waals surface area contributed by atoms with Gasteiger partial charge in [0.2, 0.25) is 5.91 Å². The number of carbonyl (C=O) groups excluding carboxylic acids is 1. The summed E-state index contributed by atoms with van der Waals surface area (Å²) in [5.74, 6) is 0.277. The SMILES string of the molecule is CCC(C)C(=O)NCC1CCCO1. The van der Waals surface area contributed by atoms with Gasteiger partial charge in [0.15, 0.2) is 0 Å². The third kappa shape index (κ3) is 3.35. The quantitative estimate of drug-likeness (QED) is 0.717. The van der Waals surface area contributed by atoms with Crippen LogP contribution < -0.4 is 5.32 Å². The molecule has 0 radical (unpaired) electrons. The molecule has 1 fully saturated rings. The van der Waals surface area contributed by atoms with Crippen LogP contribution in [0.1, 0.15) is 33.1 Å². The Balaban J connectivity index is 2.13. The lowest BCUT2D eigenvalue weighted by Gasteiger charge is -2.13. The second-order valence-electron chi connectivity index (χ2n) is 3.69. The number of carbonyl (C=O) groups is 1. The van der Waals surface area contributed by atoms with Crippen LogP contribution >= 0.6 is 0 Å². The number of hydrogen-bond acceptors (Lipinski definition) is 2. The van der Waals surface area contributed by atoms with Crippen LogP contribution in [0, 0.1) is 5.92 Å². The molecule has 0 aliphatic carbocycles. The van der Waals surface area contributed by atoms with Crippen molar-refractivity contribution in [2.45, 2.75) is 39.2 Å². The third-order valence-electron chi connectivity index (χ3n) is 2.59. The molecule has 1 N–H and O–H groups in total. The molecule has 3 nitrogen and oxygen atoms in total. The van der Waals surface area contributed by atoms with Crippen molar-refractivity contribution in [3.8, 4) is 0 Å². The highest BCUT2D eigenvalue weighted by Crippen LogP contribution is 2.10. The average Bonchev–Trinajstić information content (AvgIpc) is 2.65. The summed E-state index contributed by atoms with van der Waals surface area (Å²) in [5.41, 5.74) is 0. The van der Waals surface area contributed by atoms with E-state index in [-0.39, 0.29) is 17.9 Å². The molecular formula is C10H19NO2. The van der Waals surface area contributed by atoms with Gasteiger partial charge in [-0.25, -0.2) is 0 Å². The van der Waals surface area contributed by atoms with E-state index in [1.54, 1.807) is 0 Å². The van der Waals surface area contributed by atoms with Crippen molar-refractivity contribution < 1.29 is 9.53 Å². The van der Waals surface area contributed by atoms with Crippen LogP contribution in [0.2, 0.25) is 0 Å². The summed E-state index contributed by atoms with van der Waals surface area (Å²) < 4.78 is 5.40. The highest BCUT2D eigenvalue weighted by atomic mass is 16.5. The second-order valence-corrected chi connectivity index (χ2v) is 3.69. The minimum absolute atomic E-state index is 0.126. The van der Waals surface area contributed by atoms with Crippen molar-refractivity contribution in [2.24, 2.45) is 5.92 Å². The Labute approximate surface area is 79.8 Å². The molecule has 0 saturated carbocycles. The maximum atomic E-state index is 11.4. The Morgan fingerprint density at radius 2 is 2.46 bits per heavy atom. The van der Waals surface area contributed by atoms with E-state index >= 15 is 0 Å². The highest BCUT2D eigenvalue weighted by Gasteiger charge is 2.17. The lowest BCUT2D eigenvalue weighted by molar-refractivity contribution is -0.125. The molecule has 0 aromatic carbocycles. The summed E-state index contributed by atoms with van der Waals surface area (Å²) >= 11 is 0. The first-order valence-corrected chi connectivity index (χ1v) is 5.13. The zero-order valence-electron chi connectivity index (χ0n) is 8.51. The van der Waals surface area contributed by atoms with Gasteiger partial charge in [-0.1, -0.05) is 13.8 Å². The zero-order chi connectivity index (χ0) is 9.68. The van der Waals surface area contributed by atoms with E-state index in [9.17, 15) is 4.79 Å². The van der Waals surface area contributed by atoms with Gasteiger partial charge >= 0.3 is 0 Å². The lowest BCUT2D eigenvalue weighted by Crippen LogP contribution is -2.35. The fourth-order valence-electron chi connectivity index (χ4n) is 1.38. The summed E-state index contributed by atoms with van der Waals surface area (Å²) in [6, 6.07) is 0. The third-order valence-corrected chi connectivity index (χ3v) is 2.59. The molecule has 1 aliphatic heterocycles. The van der Waals surface area contributed by atoms with Crippen molar-refractivity contribution in [3.63, 3.8) is 0 Å². The Morgan fingerprint density at radius 1 is 1.69 bits per heavy atom. The largest absolute Gasteiger partial charge is 0.376 e. The minimum Gasteiger partial charge on any atom is -0.376 e. The van der Waals surface area contributed by atoms with Gasteiger partial charge in [-0.05, 0) is 19.3 Å². The molecule has 2 atom stereocenters. The Morgan fingerprint density at radius 3 is 3.00 bits per heavy atom. The van der Waals surface area contributed by atoms with Gasteiger partial charge in [-0.2, -0.15) is 0 Å². The van der Waals surface area contributed by atoms with Crippen LogP contribution in [0.15, 0.2) is 0 Å². The van der Waals surface area contributed by atoms with Crippen LogP contribution in [0.25, 0.3) is 0 Å². The Hall–Kier alpha value is -0.570. The maximum absolute atomic E-state index is 11.4. The van der Waals surface area contributed by atoms with Crippen LogP contribution in [0.4, 0.5) is 0 Å². The Bertz CT molecular complexity index is 164. The fourth-order valence-corrected chi connectivity index (χ4v) is 1.38. The first-order valence-electron chi connectivity index (χ1n) is 5.13. The number of rotatable bonds is 4. The molecule has 0 bridgehead atoms. The van der Waals surface area contributed by atoms with Crippen LogP contribution in [-0.2, 0) is 9.53 Å². The smallest absolute Gasteiger partial charge is 0.222 e. The molecule has 3 heteroatoms. The first kappa shape index (κ1) is 10.5. The molecule has 1 aliphatic rings. The topological polar surface area (TPSA) is 38.3 Å². The molecule has 1 amide bonds. The van der Waals surface area contributed by atoms with Crippen LogP contribution in [-0.4, -0.2) is 25.2 Å². The van der Waals surface area contributed by atoms with Crippen LogP contribution in [0.3, 0.4) is 0 Å². The van der Waals surface area contributed by atoms with Crippen LogP contribution in [0.5, 0.6) is 0 Å². The molecule has 13 heavy (non-hydrogen) atoms. The predicted molar refractivity (Wildman–Crippen MR) is 51.4 cm³/mol. The van der Waals surface area contributed by atoms with E-state index < -0.39 is 0 Å². The molecule has 1 rings (SSSR count). The molecule has 1 heterocycles. The van der Waals surface area contributed by atoms with E-state index in [0.29, 0.717) is 6.54 Å². The number of amides is 1. The number of hydrogen-bond donors (Lipinski definition) is 1. The first-order chi connectivity index (χ1) is 6.24. The summed E-state index contributed by atoms with van der Waals surface area (Å²) in [6.45, 7) is 5.51. The van der Waals surface area contributed by atoms with Gasteiger partial charge in [0.05, 0.1) is 6.10 Å². The van der Waals surface area contributed by atoms with Crippen molar-refractivity contribution in [3.05, 3.63) is 0 Å². The average molecular weight is 185 g/mol. The molecule has 1 saturated heterocycles. The molecule has 0 aromatic heterocycles. The van der Waals surface area contributed by atoms with Gasteiger partial charge in [-0.3, -0.25) is 4.79 Å². The summed E-state index contributed by atoms with van der Waals surface area (Å²) in [5, 5.41) is 2.91. The second kappa shape index (κ2) is 5.22. The number of ether oxygens (including phenoxy) is 1. The van der Waals surface area contributed by atoms with Crippen molar-refractivity contribution in [1.29, 1.82) is 0 Å². The van der Waals surface area contributed by atoms with E-state index in [1.165, 1.54) is 0 Å². The van der Waals surface area contributed by atoms with Gasteiger partial charge < -0.3 is 10.1 Å². The molecule has 0 aromatic rings. The highest BCUT2D eigenvalue weighted by molar-refractivity contribution is 5.78. The normalized spacial score (nSPS) is 24.3. The maximum Gasteiger partial charge on any atom is 0.222 e. The Kier molecular flexibility index (Phi) is 4.22. The minimum atomic E-state index is 0.126. The van der Waals surface area contributed by atoms with E-state index in [0.717, 1.165) is 25.9 Å². The monoisotopic (exact) mass is 185 g/mol. The summed E-state index contributed by atoms with van der Waals surface area (Å²) in [6.07, 6.45) is 3.37. The zero-order valence-corrected chi connectivity index (χ0v) is 8.51. The molecule has 2 unspecified atom stereocenters. The van der Waals surface area contributed by atoms with E-state index in [4.69, 9.17) is 4.74 Å². The fraction of sp³-hybridized carbons (Fsp3) is 0.900. The van der Waals surface area contributed by atoms with Crippen molar-refractivity contribution in [1.82, 2.24) is 5.32 Å². The summed E-state index contributed by atoms with van der Waals surface area (Å²) in [4.78, 5) is 11.4. The molecule has 76 valence electrons. The lowest BCUT2D eigenvalue weighted by atomic mass is 10.1. The number of nitrogens with one attached hydrogen (secondary N) is 1. The van der Waals surface area contributed by atoms with Crippen molar-refractivity contribution >= 4 is 5.91 Å². The van der Waals surface area contributed by atoms with E-state index in [2.05, 4.69) is 5.32 Å². The molecule has 0 spiro atoms. The van der Waals surface area contributed by atoms with Gasteiger partial charge in [0, 0.05) is 19.1 Å². The standard InChI is InChI=1S/C10H19NO2/c1-3-8(2)10(12)11-7-9-5-4-6-13-9/h8-9H,3-7H2,1-2H3,(H,11,12). The van der Waals surface area contributed by atoms with Gasteiger partial charge in [-0.15, -0.1) is 0 Å². The van der Waals surface area contributed by atoms with Gasteiger partial charge in [0.1, 0.15) is 0 Å². The van der Waals surface area contributed by atoms with Crippen molar-refractivity contribution in [2.75, 3.05) is 13.2 Å². The molecular weight excluding hydrogens is 166 g/mol. The van der Waals surface area contributed by atoms with Gasteiger partial charge in [0.25, 0.3) is 0 Å². The summed E-state index contributed by atoms with van der Waals surface area (Å²) in [7, 11) is 0.